The largest absolute Gasteiger partial charge is 0.468 e. The average molecular weight is 400 g/mol. The van der Waals surface area contributed by atoms with Crippen LogP contribution in [0, 0.1) is 5.41 Å². The molecule has 1 aromatic carbocycles. The number of carbonyl (C=O) groups is 2. The second-order valence-corrected chi connectivity index (χ2v) is 8.86. The molecule has 2 aliphatic heterocycles. The van der Waals surface area contributed by atoms with Gasteiger partial charge in [-0.1, -0.05) is 49.6 Å². The van der Waals surface area contributed by atoms with Gasteiger partial charge >= 0.3 is 12.0 Å². The summed E-state index contributed by atoms with van der Waals surface area (Å²) in [4.78, 5) is 28.1. The number of esters is 1. The fraction of sp³-hybridized carbons (Fsp3) is 0.652. The first-order valence-corrected chi connectivity index (χ1v) is 11.0. The van der Waals surface area contributed by atoms with Crippen molar-refractivity contribution in [3.05, 3.63) is 35.9 Å². The number of hydrogen-bond acceptors (Lipinski definition) is 4. The fourth-order valence-electron chi connectivity index (χ4n) is 5.72. The van der Waals surface area contributed by atoms with E-state index in [2.05, 4.69) is 45.3 Å². The van der Waals surface area contributed by atoms with Crippen LogP contribution in [0.1, 0.15) is 56.6 Å². The minimum atomic E-state index is -0.419. The van der Waals surface area contributed by atoms with Crippen LogP contribution in [0.3, 0.4) is 0 Å². The van der Waals surface area contributed by atoms with Crippen LogP contribution in [-0.2, 0) is 9.53 Å². The second-order valence-electron chi connectivity index (χ2n) is 8.86. The highest BCUT2D eigenvalue weighted by molar-refractivity contribution is 5.80. The van der Waals surface area contributed by atoms with Crippen molar-refractivity contribution >= 4 is 12.0 Å². The van der Waals surface area contributed by atoms with Crippen LogP contribution < -0.4 is 5.32 Å². The predicted molar refractivity (Wildman–Crippen MR) is 111 cm³/mol. The lowest BCUT2D eigenvalue weighted by Crippen LogP contribution is -2.64. The maximum Gasteiger partial charge on any atom is 0.325 e. The number of piperidine rings is 1. The molecule has 1 N–H and O–H groups in total. The van der Waals surface area contributed by atoms with E-state index >= 15 is 0 Å². The Morgan fingerprint density at radius 1 is 1.10 bits per heavy atom. The molecule has 0 bridgehead atoms. The monoisotopic (exact) mass is 399 g/mol. The summed E-state index contributed by atoms with van der Waals surface area (Å²) >= 11 is 0. The zero-order valence-corrected chi connectivity index (χ0v) is 17.4. The maximum atomic E-state index is 12.3. The van der Waals surface area contributed by atoms with Gasteiger partial charge in [-0.05, 0) is 31.2 Å². The zero-order valence-electron chi connectivity index (χ0n) is 17.4. The molecule has 1 aromatic rings. The molecule has 29 heavy (non-hydrogen) atoms. The molecule has 2 amide bonds. The van der Waals surface area contributed by atoms with Gasteiger partial charge < -0.3 is 15.0 Å². The Labute approximate surface area is 173 Å². The van der Waals surface area contributed by atoms with Crippen LogP contribution in [0.15, 0.2) is 30.3 Å². The Morgan fingerprint density at radius 3 is 2.45 bits per heavy atom. The van der Waals surface area contributed by atoms with E-state index in [0.29, 0.717) is 17.5 Å². The lowest BCUT2D eigenvalue weighted by atomic mass is 9.60. The van der Waals surface area contributed by atoms with E-state index in [9.17, 15) is 9.59 Å². The number of nitrogens with one attached hydrogen (secondary N) is 1. The van der Waals surface area contributed by atoms with Gasteiger partial charge in [-0.15, -0.1) is 0 Å². The van der Waals surface area contributed by atoms with Crippen LogP contribution in [0.5, 0.6) is 0 Å². The van der Waals surface area contributed by atoms with Crippen molar-refractivity contribution < 1.29 is 14.3 Å². The third-order valence-corrected chi connectivity index (χ3v) is 7.21. The predicted octanol–water partition coefficient (Wildman–Crippen LogP) is 3.34. The van der Waals surface area contributed by atoms with Gasteiger partial charge in [0.05, 0.1) is 7.11 Å². The van der Waals surface area contributed by atoms with Gasteiger partial charge in [0.1, 0.15) is 6.54 Å². The van der Waals surface area contributed by atoms with Gasteiger partial charge in [-0.2, -0.15) is 0 Å². The van der Waals surface area contributed by atoms with E-state index in [-0.39, 0.29) is 12.6 Å². The van der Waals surface area contributed by atoms with Crippen LogP contribution >= 0.6 is 0 Å². The van der Waals surface area contributed by atoms with Crippen molar-refractivity contribution in [3.63, 3.8) is 0 Å². The number of hydrogen-bond donors (Lipinski definition) is 1. The Kier molecular flexibility index (Phi) is 6.09. The van der Waals surface area contributed by atoms with Crippen LogP contribution in [-0.4, -0.2) is 61.1 Å². The molecule has 1 aliphatic carbocycles. The summed E-state index contributed by atoms with van der Waals surface area (Å²) in [6.45, 7) is 2.61. The molecule has 1 atom stereocenters. The molecule has 0 radical (unpaired) electrons. The summed E-state index contributed by atoms with van der Waals surface area (Å²) in [5.41, 5.74) is 1.91. The highest BCUT2D eigenvalue weighted by Gasteiger charge is 2.54. The molecule has 2 saturated heterocycles. The van der Waals surface area contributed by atoms with Crippen LogP contribution in [0.4, 0.5) is 4.79 Å². The van der Waals surface area contributed by atoms with Crippen molar-refractivity contribution in [1.29, 1.82) is 0 Å². The highest BCUT2D eigenvalue weighted by atomic mass is 16.5. The quantitative estimate of drug-likeness (QED) is 0.789. The van der Waals surface area contributed by atoms with Gasteiger partial charge in [-0.25, -0.2) is 4.79 Å². The third kappa shape index (κ3) is 4.13. The minimum Gasteiger partial charge on any atom is -0.468 e. The number of urea groups is 1. The van der Waals surface area contributed by atoms with Gasteiger partial charge in [0.25, 0.3) is 0 Å². The third-order valence-electron chi connectivity index (χ3n) is 7.21. The molecule has 0 aromatic heterocycles. The van der Waals surface area contributed by atoms with Gasteiger partial charge in [0.15, 0.2) is 0 Å². The van der Waals surface area contributed by atoms with Crippen molar-refractivity contribution in [2.75, 3.05) is 33.3 Å². The summed E-state index contributed by atoms with van der Waals surface area (Å²) in [7, 11) is 1.33. The molecule has 1 unspecified atom stereocenters. The van der Waals surface area contributed by atoms with Crippen LogP contribution in [0.25, 0.3) is 0 Å². The van der Waals surface area contributed by atoms with E-state index in [1.165, 1.54) is 51.3 Å². The molecule has 158 valence electrons. The number of methoxy groups -OCH3 is 1. The number of carbonyl (C=O) groups excluding carboxylic acids is 2. The SMILES string of the molecule is COC(=O)CNC(=O)N1CCC(N2CC3(CCCCC3)C2c2ccccc2)CC1. The van der Waals surface area contributed by atoms with E-state index in [1.54, 1.807) is 0 Å². The van der Waals surface area contributed by atoms with Gasteiger partial charge in [0, 0.05) is 37.1 Å². The highest BCUT2D eigenvalue weighted by Crippen LogP contribution is 2.58. The van der Waals surface area contributed by atoms with E-state index in [1.807, 2.05) is 4.90 Å². The molecule has 3 aliphatic rings. The Bertz CT molecular complexity index is 709. The topological polar surface area (TPSA) is 61.9 Å². The number of benzene rings is 1. The van der Waals surface area contributed by atoms with Crippen molar-refractivity contribution in [3.8, 4) is 0 Å². The first-order valence-electron chi connectivity index (χ1n) is 11.0. The number of rotatable bonds is 4. The maximum absolute atomic E-state index is 12.3. The van der Waals surface area contributed by atoms with Crippen LogP contribution in [0.2, 0.25) is 0 Å². The Morgan fingerprint density at radius 2 is 1.79 bits per heavy atom. The molecule has 3 fully saturated rings. The minimum absolute atomic E-state index is 0.0695. The molecule has 6 heteroatoms. The second kappa shape index (κ2) is 8.74. The average Bonchev–Trinajstić information content (AvgIpc) is 2.77. The van der Waals surface area contributed by atoms with E-state index in [0.717, 1.165) is 25.9 Å². The lowest BCUT2D eigenvalue weighted by molar-refractivity contribution is -0.139. The Hall–Kier alpha value is -2.08. The smallest absolute Gasteiger partial charge is 0.325 e. The number of ether oxygens (including phenoxy) is 1. The van der Waals surface area contributed by atoms with E-state index < -0.39 is 5.97 Å². The summed E-state index contributed by atoms with van der Waals surface area (Å²) in [6, 6.07) is 11.9. The molecular weight excluding hydrogens is 366 g/mol. The van der Waals surface area contributed by atoms with Crippen molar-refractivity contribution in [2.24, 2.45) is 5.41 Å². The molecule has 1 saturated carbocycles. The molecule has 1 spiro atoms. The lowest BCUT2D eigenvalue weighted by Gasteiger charge is -2.63. The van der Waals surface area contributed by atoms with Crippen molar-refractivity contribution in [2.45, 2.75) is 57.0 Å². The molecular formula is C23H33N3O3. The van der Waals surface area contributed by atoms with Gasteiger partial charge in [0.2, 0.25) is 0 Å². The molecule has 4 rings (SSSR count). The number of likely N-dealkylation sites (tertiary alicyclic amines) is 2. The van der Waals surface area contributed by atoms with E-state index in [4.69, 9.17) is 0 Å². The summed E-state index contributed by atoms with van der Waals surface area (Å²) < 4.78 is 4.59. The fourth-order valence-corrected chi connectivity index (χ4v) is 5.72. The Balaban J connectivity index is 1.38. The number of amides is 2. The standard InChI is InChI=1S/C23H33N3O3/c1-29-20(27)16-24-22(28)25-14-10-19(11-15-25)26-17-23(12-6-3-7-13-23)21(26)18-8-4-2-5-9-18/h2,4-5,8-9,19,21H,3,6-7,10-17H2,1H3,(H,24,28). The first kappa shape index (κ1) is 20.2. The zero-order chi connectivity index (χ0) is 20.3. The molecule has 2 heterocycles. The van der Waals surface area contributed by atoms with Crippen molar-refractivity contribution in [1.82, 2.24) is 15.1 Å². The summed E-state index contributed by atoms with van der Waals surface area (Å²) in [5, 5.41) is 2.66. The first-order chi connectivity index (χ1) is 14.1. The number of nitrogens with zero attached hydrogens (tertiary/aromatic N) is 2. The van der Waals surface area contributed by atoms with Gasteiger partial charge in [-0.3, -0.25) is 9.69 Å². The summed E-state index contributed by atoms with van der Waals surface area (Å²) in [6.07, 6.45) is 8.76. The summed E-state index contributed by atoms with van der Waals surface area (Å²) in [5.74, 6) is -0.419. The molecule has 6 nitrogen and oxygen atoms in total. The normalized spacial score (nSPS) is 24.7.